The van der Waals surface area contributed by atoms with Crippen LogP contribution in [0.3, 0.4) is 0 Å². The number of nitriles is 1. The highest BCUT2D eigenvalue weighted by atomic mass is 31.2. The molecule has 340 valence electrons. The van der Waals surface area contributed by atoms with Crippen LogP contribution >= 0.6 is 8.53 Å². The van der Waals surface area contributed by atoms with Gasteiger partial charge in [0, 0.05) is 23.2 Å². The smallest absolute Gasteiger partial charge is 0.259 e. The summed E-state index contributed by atoms with van der Waals surface area (Å²) in [6.07, 6.45) is -0.336. The molecule has 0 aromatic heterocycles. The molecule has 8 aromatic carbocycles. The summed E-state index contributed by atoms with van der Waals surface area (Å²) in [6, 6.07) is 56.4. The molecule has 8 nitrogen and oxygen atoms in total. The average molecular weight is 909 g/mol. The minimum Gasteiger partial charge on any atom is -0.497 e. The molecule has 67 heavy (non-hydrogen) atoms. The van der Waals surface area contributed by atoms with Crippen molar-refractivity contribution in [2.45, 2.75) is 64.5 Å². The lowest BCUT2D eigenvalue weighted by Crippen LogP contribution is -2.39. The highest BCUT2D eigenvalue weighted by Gasteiger charge is 2.40. The van der Waals surface area contributed by atoms with Crippen LogP contribution in [0.15, 0.2) is 158 Å². The maximum atomic E-state index is 9.45. The quantitative estimate of drug-likeness (QED) is 0.0246. The molecule has 0 radical (unpaired) electrons. The predicted molar refractivity (Wildman–Crippen MR) is 271 cm³/mol. The molecule has 0 aliphatic carbocycles. The molecule has 8 rings (SSSR count). The largest absolute Gasteiger partial charge is 0.497 e. The Balaban J connectivity index is 1.07. The molecule has 0 N–H and O–H groups in total. The molecule has 0 aliphatic rings. The first-order valence-corrected chi connectivity index (χ1v) is 23.9. The van der Waals surface area contributed by atoms with E-state index in [0.717, 1.165) is 50.3 Å². The molecular weight excluding hydrogens is 852 g/mol. The summed E-state index contributed by atoms with van der Waals surface area (Å²) in [5, 5.41) is 16.9. The van der Waals surface area contributed by atoms with Crippen LogP contribution in [0.4, 0.5) is 0 Å². The molecule has 8 aromatic rings. The molecule has 2 atom stereocenters. The van der Waals surface area contributed by atoms with Gasteiger partial charge in [-0.3, -0.25) is 0 Å². The van der Waals surface area contributed by atoms with Crippen molar-refractivity contribution in [3.05, 3.63) is 191 Å². The number of benzene rings is 8. The first-order chi connectivity index (χ1) is 32.7. The summed E-state index contributed by atoms with van der Waals surface area (Å²) in [5.74, 6) is 8.36. The van der Waals surface area contributed by atoms with E-state index >= 15 is 0 Å². The van der Waals surface area contributed by atoms with Crippen LogP contribution in [0.25, 0.3) is 32.3 Å². The highest BCUT2D eigenvalue weighted by molar-refractivity contribution is 7.44. The first kappa shape index (κ1) is 47.2. The molecule has 0 heterocycles. The maximum Gasteiger partial charge on any atom is 0.259 e. The Bertz CT molecular complexity index is 2890. The van der Waals surface area contributed by atoms with Gasteiger partial charge in [-0.15, -0.1) is 0 Å². The van der Waals surface area contributed by atoms with Crippen LogP contribution in [0.1, 0.15) is 67.5 Å². The summed E-state index contributed by atoms with van der Waals surface area (Å²) in [7, 11) is 1.70. The molecule has 1 unspecified atom stereocenters. The zero-order valence-corrected chi connectivity index (χ0v) is 40.0. The van der Waals surface area contributed by atoms with E-state index in [1.165, 1.54) is 26.9 Å². The van der Waals surface area contributed by atoms with Gasteiger partial charge in [0.25, 0.3) is 8.53 Å². The van der Waals surface area contributed by atoms with E-state index in [1.54, 1.807) is 14.2 Å². The van der Waals surface area contributed by atoms with E-state index < -0.39 is 20.2 Å². The second kappa shape index (κ2) is 22.0. The number of methoxy groups -OCH3 is 2. The number of rotatable bonds is 20. The van der Waals surface area contributed by atoms with Gasteiger partial charge in [-0.2, -0.15) is 5.26 Å². The molecule has 0 aliphatic heterocycles. The van der Waals surface area contributed by atoms with Gasteiger partial charge in [0.2, 0.25) is 0 Å². The van der Waals surface area contributed by atoms with E-state index in [1.807, 2.05) is 78.9 Å². The van der Waals surface area contributed by atoms with Crippen LogP contribution < -0.4 is 9.47 Å². The first-order valence-electron chi connectivity index (χ1n) is 22.8. The van der Waals surface area contributed by atoms with Gasteiger partial charge in [0.1, 0.15) is 23.2 Å². The standard InChI is InChI=1S/C58H57N2O6P/c1-41(2)60(42(3)4)67(65-37-11-36-59)66-54(40-64-58(49-14-8-7-9-15-49,50-27-31-52(61-5)32-28-50)51-29-33-53(62-6)34-30-51)39-63-38-44-18-16-43(17-19-44)20-21-45-22-23-48-25-24-46-12-10-13-47-26-35-55(45)57(48)56(46)47/h7-10,12-19,22-35,41-42,54H,11,37-40H2,1-6H3/t54-,67?/m0/s1. The highest BCUT2D eigenvalue weighted by Crippen LogP contribution is 2.48. The summed E-state index contributed by atoms with van der Waals surface area (Å²) in [6.45, 7) is 9.43. The number of hydrogen-bond donors (Lipinski definition) is 0. The fourth-order valence-corrected chi connectivity index (χ4v) is 10.5. The van der Waals surface area contributed by atoms with Crippen molar-refractivity contribution in [3.8, 4) is 29.4 Å². The van der Waals surface area contributed by atoms with E-state index in [2.05, 4.69) is 129 Å². The lowest BCUT2D eigenvalue weighted by Gasteiger charge is -2.39. The van der Waals surface area contributed by atoms with Crippen molar-refractivity contribution >= 4 is 40.8 Å². The Morgan fingerprint density at radius 3 is 1.78 bits per heavy atom. The Morgan fingerprint density at radius 1 is 0.597 bits per heavy atom. The van der Waals surface area contributed by atoms with Crippen molar-refractivity contribution < 1.29 is 28.0 Å². The fraction of sp³-hybridized carbons (Fsp3) is 0.259. The van der Waals surface area contributed by atoms with Crippen LogP contribution in [0.5, 0.6) is 11.5 Å². The summed E-state index contributed by atoms with van der Waals surface area (Å²) in [4.78, 5) is 0. The Labute approximate surface area is 396 Å². The molecule has 0 bridgehead atoms. The Morgan fingerprint density at radius 2 is 1.18 bits per heavy atom. The Kier molecular flexibility index (Phi) is 15.5. The Hall–Kier alpha value is -6.32. The van der Waals surface area contributed by atoms with E-state index in [4.69, 9.17) is 28.0 Å². The van der Waals surface area contributed by atoms with Crippen molar-refractivity contribution in [2.75, 3.05) is 34.0 Å². The monoisotopic (exact) mass is 908 g/mol. The van der Waals surface area contributed by atoms with Crippen LogP contribution in [-0.2, 0) is 30.7 Å². The average Bonchev–Trinajstić information content (AvgIpc) is 3.36. The zero-order valence-electron chi connectivity index (χ0n) is 39.1. The third-order valence-electron chi connectivity index (χ3n) is 12.0. The second-order valence-corrected chi connectivity index (χ2v) is 18.4. The number of hydrogen-bond acceptors (Lipinski definition) is 8. The summed E-state index contributed by atoms with van der Waals surface area (Å²) in [5.41, 5.74) is 4.60. The summed E-state index contributed by atoms with van der Waals surface area (Å²) < 4.78 is 40.7. The van der Waals surface area contributed by atoms with Crippen LogP contribution in [0, 0.1) is 23.2 Å². The lowest BCUT2D eigenvalue weighted by atomic mass is 9.80. The number of ether oxygens (including phenoxy) is 4. The van der Waals surface area contributed by atoms with E-state index in [9.17, 15) is 5.26 Å². The molecule has 0 saturated heterocycles. The van der Waals surface area contributed by atoms with Gasteiger partial charge < -0.3 is 28.0 Å². The predicted octanol–water partition coefficient (Wildman–Crippen LogP) is 13.2. The maximum absolute atomic E-state index is 9.45. The van der Waals surface area contributed by atoms with Gasteiger partial charge in [-0.05, 0) is 125 Å². The topological polar surface area (TPSA) is 82.4 Å². The van der Waals surface area contributed by atoms with Crippen LogP contribution in [0.2, 0.25) is 0 Å². The van der Waals surface area contributed by atoms with Crippen molar-refractivity contribution in [1.29, 1.82) is 5.26 Å². The molecule has 0 fully saturated rings. The molecule has 9 heteroatoms. The van der Waals surface area contributed by atoms with Crippen molar-refractivity contribution in [3.63, 3.8) is 0 Å². The lowest BCUT2D eigenvalue weighted by molar-refractivity contribution is -0.0611. The minimum atomic E-state index is -1.63. The van der Waals surface area contributed by atoms with E-state index in [-0.39, 0.29) is 38.3 Å². The normalized spacial score (nSPS) is 12.7. The van der Waals surface area contributed by atoms with Gasteiger partial charge in [-0.25, -0.2) is 4.67 Å². The molecule has 0 saturated carbocycles. The van der Waals surface area contributed by atoms with Crippen molar-refractivity contribution in [1.82, 2.24) is 4.67 Å². The van der Waals surface area contributed by atoms with Gasteiger partial charge in [0.05, 0.1) is 53.1 Å². The SMILES string of the molecule is COc1ccc(C(OC[C@H](COCc2ccc(C#Cc3ccc4ccc5cccc6ccc3c4c56)cc2)OP(OCCC#N)N(C(C)C)C(C)C)(c2ccccc2)c2ccc(OC)cc2)cc1. The van der Waals surface area contributed by atoms with Gasteiger partial charge in [-0.1, -0.05) is 127 Å². The van der Waals surface area contributed by atoms with Crippen molar-refractivity contribution in [2.24, 2.45) is 0 Å². The van der Waals surface area contributed by atoms with E-state index in [0.29, 0.717) is 6.61 Å². The van der Waals surface area contributed by atoms with Gasteiger partial charge in [0.15, 0.2) is 0 Å². The van der Waals surface area contributed by atoms with Gasteiger partial charge >= 0.3 is 0 Å². The molecular formula is C58H57N2O6P. The third-order valence-corrected chi connectivity index (χ3v) is 14.1. The number of nitrogens with zero attached hydrogens (tertiary/aromatic N) is 2. The minimum absolute atomic E-state index is 0.105. The van der Waals surface area contributed by atoms with Crippen LogP contribution in [-0.4, -0.2) is 56.9 Å². The molecule has 0 spiro atoms. The summed E-state index contributed by atoms with van der Waals surface area (Å²) >= 11 is 0. The zero-order chi connectivity index (χ0) is 46.8. The fourth-order valence-electron chi connectivity index (χ4n) is 8.80. The second-order valence-electron chi connectivity index (χ2n) is 17.0. The molecule has 0 amide bonds. The third kappa shape index (κ3) is 10.6.